The van der Waals surface area contributed by atoms with Crippen LogP contribution in [-0.4, -0.2) is 54.7 Å². The average Bonchev–Trinajstić information content (AvgIpc) is 2.68. The Balaban J connectivity index is 2.52. The van der Waals surface area contributed by atoms with Gasteiger partial charge in [0.25, 0.3) is 0 Å². The first-order chi connectivity index (χ1) is 7.99. The van der Waals surface area contributed by atoms with Gasteiger partial charge in [0.1, 0.15) is 0 Å². The zero-order valence-corrected chi connectivity index (χ0v) is 10.3. The summed E-state index contributed by atoms with van der Waals surface area (Å²) < 4.78 is 5.04. The minimum Gasteiger partial charge on any atom is -0.481 e. The van der Waals surface area contributed by atoms with E-state index < -0.39 is 11.9 Å². The number of ether oxygens (including phenoxy) is 1. The van der Waals surface area contributed by atoms with Gasteiger partial charge in [0, 0.05) is 26.7 Å². The van der Waals surface area contributed by atoms with Crippen LogP contribution in [0, 0.1) is 11.8 Å². The van der Waals surface area contributed by atoms with Crippen LogP contribution in [0.4, 0.5) is 0 Å². The quantitative estimate of drug-likeness (QED) is 0.682. The molecule has 1 aliphatic heterocycles. The molecule has 0 aromatic heterocycles. The monoisotopic (exact) mass is 244 g/mol. The van der Waals surface area contributed by atoms with E-state index in [-0.39, 0.29) is 37.4 Å². The Hall–Kier alpha value is -1.14. The number of nitrogens with zero attached hydrogens (tertiary/aromatic N) is 1. The number of carboxylic acids is 1. The van der Waals surface area contributed by atoms with Crippen molar-refractivity contribution in [1.82, 2.24) is 4.90 Å². The maximum absolute atomic E-state index is 11.9. The van der Waals surface area contributed by atoms with Crippen LogP contribution in [0.25, 0.3) is 0 Å². The summed E-state index contributed by atoms with van der Waals surface area (Å²) in [5.74, 6) is -1.39. The van der Waals surface area contributed by atoms with Crippen molar-refractivity contribution in [2.24, 2.45) is 17.6 Å². The molecule has 1 heterocycles. The van der Waals surface area contributed by atoms with Gasteiger partial charge in [-0.25, -0.2) is 0 Å². The highest BCUT2D eigenvalue weighted by atomic mass is 16.5. The molecule has 1 rings (SSSR count). The Bertz CT molecular complexity index is 291. The molecule has 1 saturated heterocycles. The number of rotatable bonds is 5. The molecule has 0 aliphatic carbocycles. The number of hydrogen-bond acceptors (Lipinski definition) is 4. The Morgan fingerprint density at radius 2 is 2.18 bits per heavy atom. The second-order valence-electron chi connectivity index (χ2n) is 4.52. The first-order valence-electron chi connectivity index (χ1n) is 5.73. The number of aliphatic carboxylic acids is 1. The van der Waals surface area contributed by atoms with Crippen molar-refractivity contribution >= 4 is 11.9 Å². The molecule has 0 aromatic rings. The third kappa shape index (κ3) is 3.41. The number of likely N-dealkylation sites (tertiary alicyclic amines) is 1. The minimum absolute atomic E-state index is 0.00433. The van der Waals surface area contributed by atoms with E-state index in [4.69, 9.17) is 15.6 Å². The number of carbonyl (C=O) groups excluding carboxylic acids is 1. The second kappa shape index (κ2) is 5.97. The molecule has 6 heteroatoms. The van der Waals surface area contributed by atoms with Crippen LogP contribution in [0.2, 0.25) is 0 Å². The fraction of sp³-hybridized carbons (Fsp3) is 0.818. The maximum Gasteiger partial charge on any atom is 0.308 e. The fourth-order valence-electron chi connectivity index (χ4n) is 2.08. The van der Waals surface area contributed by atoms with Crippen LogP contribution in [0.3, 0.4) is 0 Å². The molecule has 17 heavy (non-hydrogen) atoms. The van der Waals surface area contributed by atoms with E-state index in [0.717, 1.165) is 0 Å². The summed E-state index contributed by atoms with van der Waals surface area (Å²) in [6, 6.07) is 0. The molecule has 6 nitrogen and oxygen atoms in total. The zero-order chi connectivity index (χ0) is 13.0. The maximum atomic E-state index is 11.9. The third-order valence-corrected chi connectivity index (χ3v) is 3.28. The van der Waals surface area contributed by atoms with Crippen LogP contribution in [-0.2, 0) is 14.3 Å². The SMILES string of the molecule is COC(CN)CC(=O)N1C[C@@H](C)[C@H](C(=O)O)C1. The normalized spacial score (nSPS) is 25.9. The van der Waals surface area contributed by atoms with Gasteiger partial charge in [-0.1, -0.05) is 6.92 Å². The van der Waals surface area contributed by atoms with Crippen LogP contribution in [0.1, 0.15) is 13.3 Å². The van der Waals surface area contributed by atoms with Crippen molar-refractivity contribution in [3.63, 3.8) is 0 Å². The lowest BCUT2D eigenvalue weighted by molar-refractivity contribution is -0.142. The highest BCUT2D eigenvalue weighted by molar-refractivity contribution is 5.79. The molecular formula is C11H20N2O4. The summed E-state index contributed by atoms with van der Waals surface area (Å²) in [6.07, 6.45) is -0.0758. The molecule has 98 valence electrons. The molecule has 0 bridgehead atoms. The van der Waals surface area contributed by atoms with Crippen molar-refractivity contribution in [3.05, 3.63) is 0 Å². The van der Waals surface area contributed by atoms with Gasteiger partial charge in [-0.2, -0.15) is 0 Å². The van der Waals surface area contributed by atoms with E-state index >= 15 is 0 Å². The lowest BCUT2D eigenvalue weighted by atomic mass is 9.99. The second-order valence-corrected chi connectivity index (χ2v) is 4.52. The minimum atomic E-state index is -0.838. The van der Waals surface area contributed by atoms with E-state index in [1.54, 1.807) is 4.90 Å². The molecule has 0 radical (unpaired) electrons. The topological polar surface area (TPSA) is 92.9 Å². The molecule has 0 aromatic carbocycles. The first-order valence-corrected chi connectivity index (χ1v) is 5.73. The van der Waals surface area contributed by atoms with E-state index in [1.807, 2.05) is 6.92 Å². The van der Waals surface area contributed by atoms with Crippen molar-refractivity contribution in [3.8, 4) is 0 Å². The predicted molar refractivity (Wildman–Crippen MR) is 61.3 cm³/mol. The van der Waals surface area contributed by atoms with Gasteiger partial charge < -0.3 is 20.5 Å². The predicted octanol–water partition coefficient (Wildman–Crippen LogP) is -0.471. The molecule has 1 unspecified atom stereocenters. The van der Waals surface area contributed by atoms with E-state index in [1.165, 1.54) is 7.11 Å². The Morgan fingerprint density at radius 1 is 1.53 bits per heavy atom. The van der Waals surface area contributed by atoms with Crippen LogP contribution in [0.15, 0.2) is 0 Å². The van der Waals surface area contributed by atoms with Gasteiger partial charge in [0.15, 0.2) is 0 Å². The highest BCUT2D eigenvalue weighted by Crippen LogP contribution is 2.23. The highest BCUT2D eigenvalue weighted by Gasteiger charge is 2.37. The number of amides is 1. The number of carboxylic acid groups (broad SMARTS) is 1. The smallest absolute Gasteiger partial charge is 0.308 e. The number of carbonyl (C=O) groups is 2. The zero-order valence-electron chi connectivity index (χ0n) is 10.3. The van der Waals surface area contributed by atoms with Gasteiger partial charge in [-0.15, -0.1) is 0 Å². The first kappa shape index (κ1) is 13.9. The molecule has 3 N–H and O–H groups in total. The van der Waals surface area contributed by atoms with Gasteiger partial charge >= 0.3 is 5.97 Å². The number of methoxy groups -OCH3 is 1. The average molecular weight is 244 g/mol. The Labute approximate surface area is 101 Å². The molecule has 0 spiro atoms. The van der Waals surface area contributed by atoms with E-state index in [2.05, 4.69) is 0 Å². The van der Waals surface area contributed by atoms with Gasteiger partial charge in [-0.05, 0) is 5.92 Å². The van der Waals surface area contributed by atoms with Gasteiger partial charge in [0.05, 0.1) is 18.4 Å². The Kier molecular flexibility index (Phi) is 4.89. The fourth-order valence-corrected chi connectivity index (χ4v) is 2.08. The summed E-state index contributed by atoms with van der Waals surface area (Å²) >= 11 is 0. The summed E-state index contributed by atoms with van der Waals surface area (Å²) in [5, 5.41) is 8.97. The number of hydrogen-bond donors (Lipinski definition) is 2. The van der Waals surface area contributed by atoms with Crippen LogP contribution in [0.5, 0.6) is 0 Å². The standard InChI is InChI=1S/C11H20N2O4/c1-7-5-13(6-9(7)11(15)16)10(14)3-8(4-12)17-2/h7-9H,3-6,12H2,1-2H3,(H,15,16)/t7-,8?,9-/m1/s1. The third-order valence-electron chi connectivity index (χ3n) is 3.28. The molecule has 3 atom stereocenters. The molecule has 1 fully saturated rings. The summed E-state index contributed by atoms with van der Waals surface area (Å²) in [7, 11) is 1.51. The number of nitrogens with two attached hydrogens (primary N) is 1. The lowest BCUT2D eigenvalue weighted by Crippen LogP contribution is -2.35. The molecule has 0 saturated carbocycles. The molecule has 1 amide bonds. The van der Waals surface area contributed by atoms with Gasteiger partial charge in [0.2, 0.25) is 5.91 Å². The van der Waals surface area contributed by atoms with Gasteiger partial charge in [-0.3, -0.25) is 9.59 Å². The Morgan fingerprint density at radius 3 is 2.59 bits per heavy atom. The molecular weight excluding hydrogens is 224 g/mol. The van der Waals surface area contributed by atoms with Crippen LogP contribution >= 0.6 is 0 Å². The molecule has 1 aliphatic rings. The summed E-state index contributed by atoms with van der Waals surface area (Å²) in [4.78, 5) is 24.4. The van der Waals surface area contributed by atoms with Crippen molar-refractivity contribution in [1.29, 1.82) is 0 Å². The van der Waals surface area contributed by atoms with Crippen molar-refractivity contribution in [2.75, 3.05) is 26.7 Å². The van der Waals surface area contributed by atoms with Crippen molar-refractivity contribution in [2.45, 2.75) is 19.4 Å². The van der Waals surface area contributed by atoms with E-state index in [9.17, 15) is 9.59 Å². The van der Waals surface area contributed by atoms with E-state index in [0.29, 0.717) is 6.54 Å². The largest absolute Gasteiger partial charge is 0.481 e. The summed E-state index contributed by atoms with van der Waals surface area (Å²) in [5.41, 5.74) is 5.44. The van der Waals surface area contributed by atoms with Crippen LogP contribution < -0.4 is 5.73 Å². The summed E-state index contributed by atoms with van der Waals surface area (Å²) in [6.45, 7) is 2.92. The lowest BCUT2D eigenvalue weighted by Gasteiger charge is -2.19. The van der Waals surface area contributed by atoms with Crippen molar-refractivity contribution < 1.29 is 19.4 Å².